The third kappa shape index (κ3) is 6.46. The molecule has 0 atom stereocenters. The van der Waals surface area contributed by atoms with Crippen LogP contribution in [0.5, 0.6) is 0 Å². The van der Waals surface area contributed by atoms with Crippen LogP contribution in [0.1, 0.15) is 41.7 Å². The smallest absolute Gasteiger partial charge is 0.188 e. The van der Waals surface area contributed by atoms with Gasteiger partial charge in [-0.1, -0.05) is 43.2 Å². The van der Waals surface area contributed by atoms with E-state index < -0.39 is 0 Å². The summed E-state index contributed by atoms with van der Waals surface area (Å²) >= 11 is 1.78. The molecule has 1 saturated heterocycles. The van der Waals surface area contributed by atoms with Gasteiger partial charge >= 0.3 is 0 Å². The molecule has 0 radical (unpaired) electrons. The van der Waals surface area contributed by atoms with Crippen molar-refractivity contribution in [3.05, 3.63) is 57.8 Å². The van der Waals surface area contributed by atoms with E-state index in [-0.39, 0.29) is 0 Å². The van der Waals surface area contributed by atoms with Gasteiger partial charge in [0, 0.05) is 18.0 Å². The van der Waals surface area contributed by atoms with E-state index >= 15 is 0 Å². The van der Waals surface area contributed by atoms with Gasteiger partial charge in [-0.05, 0) is 54.9 Å². The summed E-state index contributed by atoms with van der Waals surface area (Å²) in [5.74, 6) is 0.527. The number of guanidine groups is 1. The number of benzene rings is 1. The maximum absolute atomic E-state index is 6.00. The average molecular weight is 371 g/mol. The second-order valence-corrected chi connectivity index (χ2v) is 8.00. The molecular formula is C21H30N4S. The summed E-state index contributed by atoms with van der Waals surface area (Å²) in [6.45, 7) is 4.95. The SMILES string of the molecule is NC(=NCc1cccc(CN2CCCCCC2)c1)NCCc1cccs1. The van der Waals surface area contributed by atoms with E-state index in [4.69, 9.17) is 5.73 Å². The Morgan fingerprint density at radius 1 is 1.08 bits per heavy atom. The van der Waals surface area contributed by atoms with Crippen LogP contribution in [0.3, 0.4) is 0 Å². The fourth-order valence-corrected chi connectivity index (χ4v) is 4.09. The van der Waals surface area contributed by atoms with Crippen LogP contribution >= 0.6 is 11.3 Å². The Morgan fingerprint density at radius 3 is 2.65 bits per heavy atom. The molecule has 1 aromatic carbocycles. The molecule has 0 spiro atoms. The van der Waals surface area contributed by atoms with E-state index in [9.17, 15) is 0 Å². The Labute approximate surface area is 161 Å². The topological polar surface area (TPSA) is 53.6 Å². The van der Waals surface area contributed by atoms with Gasteiger partial charge in [0.05, 0.1) is 6.54 Å². The Morgan fingerprint density at radius 2 is 1.88 bits per heavy atom. The first kappa shape index (κ1) is 18.9. The highest BCUT2D eigenvalue weighted by Gasteiger charge is 2.09. The molecule has 1 aliphatic heterocycles. The normalized spacial score (nSPS) is 16.4. The highest BCUT2D eigenvalue weighted by molar-refractivity contribution is 7.09. The highest BCUT2D eigenvalue weighted by atomic mass is 32.1. The summed E-state index contributed by atoms with van der Waals surface area (Å²) in [4.78, 5) is 8.44. The Bertz CT molecular complexity index is 673. The monoisotopic (exact) mass is 370 g/mol. The van der Waals surface area contributed by atoms with Crippen molar-refractivity contribution in [3.8, 4) is 0 Å². The van der Waals surface area contributed by atoms with Gasteiger partial charge in [-0.3, -0.25) is 4.90 Å². The van der Waals surface area contributed by atoms with Crippen molar-refractivity contribution in [2.75, 3.05) is 19.6 Å². The molecule has 1 aliphatic rings. The molecule has 0 unspecified atom stereocenters. The molecule has 0 aliphatic carbocycles. The number of nitrogens with one attached hydrogen (secondary N) is 1. The minimum absolute atomic E-state index is 0.527. The lowest BCUT2D eigenvalue weighted by atomic mass is 10.1. The van der Waals surface area contributed by atoms with E-state index in [0.29, 0.717) is 12.5 Å². The van der Waals surface area contributed by atoms with Crippen molar-refractivity contribution in [1.82, 2.24) is 10.2 Å². The third-order valence-corrected chi connectivity index (χ3v) is 5.72. The van der Waals surface area contributed by atoms with E-state index in [1.165, 1.54) is 54.8 Å². The zero-order valence-corrected chi connectivity index (χ0v) is 16.3. The van der Waals surface area contributed by atoms with E-state index in [1.807, 2.05) is 0 Å². The van der Waals surface area contributed by atoms with Crippen LogP contribution in [0.25, 0.3) is 0 Å². The zero-order chi connectivity index (χ0) is 18.0. The van der Waals surface area contributed by atoms with E-state index in [2.05, 4.69) is 57.0 Å². The molecule has 0 bridgehead atoms. The molecule has 140 valence electrons. The van der Waals surface area contributed by atoms with Crippen molar-refractivity contribution in [2.45, 2.75) is 45.2 Å². The van der Waals surface area contributed by atoms with Crippen molar-refractivity contribution in [2.24, 2.45) is 10.7 Å². The maximum atomic E-state index is 6.00. The molecule has 5 heteroatoms. The first-order valence-corrected chi connectivity index (χ1v) is 10.5. The molecule has 2 aromatic rings. The molecule has 1 fully saturated rings. The van der Waals surface area contributed by atoms with Crippen LogP contribution in [0.4, 0.5) is 0 Å². The maximum Gasteiger partial charge on any atom is 0.188 e. The summed E-state index contributed by atoms with van der Waals surface area (Å²) in [6.07, 6.45) is 6.41. The van der Waals surface area contributed by atoms with Crippen LogP contribution in [-0.4, -0.2) is 30.5 Å². The predicted octanol–water partition coefficient (Wildman–Crippen LogP) is 3.77. The summed E-state index contributed by atoms with van der Waals surface area (Å²) in [5.41, 5.74) is 8.60. The van der Waals surface area contributed by atoms with E-state index in [0.717, 1.165) is 19.5 Å². The van der Waals surface area contributed by atoms with Crippen LogP contribution in [0, 0.1) is 0 Å². The van der Waals surface area contributed by atoms with Crippen molar-refractivity contribution < 1.29 is 0 Å². The summed E-state index contributed by atoms with van der Waals surface area (Å²) < 4.78 is 0. The van der Waals surface area contributed by atoms with Gasteiger partial charge in [-0.25, -0.2) is 4.99 Å². The molecule has 3 N–H and O–H groups in total. The molecular weight excluding hydrogens is 340 g/mol. The second kappa shape index (κ2) is 10.3. The third-order valence-electron chi connectivity index (χ3n) is 4.79. The van der Waals surface area contributed by atoms with Gasteiger partial charge in [0.2, 0.25) is 0 Å². The average Bonchev–Trinajstić information content (AvgIpc) is 3.04. The van der Waals surface area contributed by atoms with Crippen molar-refractivity contribution >= 4 is 17.3 Å². The largest absolute Gasteiger partial charge is 0.370 e. The first-order valence-electron chi connectivity index (χ1n) is 9.66. The second-order valence-electron chi connectivity index (χ2n) is 6.97. The zero-order valence-electron chi connectivity index (χ0n) is 15.5. The van der Waals surface area contributed by atoms with Gasteiger partial charge < -0.3 is 11.1 Å². The number of thiophene rings is 1. The quantitative estimate of drug-likeness (QED) is 0.576. The van der Waals surface area contributed by atoms with Crippen LogP contribution in [-0.2, 0) is 19.5 Å². The summed E-state index contributed by atoms with van der Waals surface area (Å²) in [7, 11) is 0. The number of hydrogen-bond donors (Lipinski definition) is 2. The van der Waals surface area contributed by atoms with Crippen LogP contribution in [0.15, 0.2) is 46.8 Å². The number of hydrogen-bond acceptors (Lipinski definition) is 3. The molecule has 2 heterocycles. The first-order chi connectivity index (χ1) is 12.8. The molecule has 0 saturated carbocycles. The van der Waals surface area contributed by atoms with Crippen LogP contribution in [0.2, 0.25) is 0 Å². The number of aliphatic imine (C=N–C) groups is 1. The minimum Gasteiger partial charge on any atom is -0.370 e. The standard InChI is InChI=1S/C21H30N4S/c22-21(23-11-10-20-9-6-14-26-20)24-16-18-7-5-8-19(15-18)17-25-12-3-1-2-4-13-25/h5-9,14-15H,1-4,10-13,16-17H2,(H3,22,23,24). The summed E-state index contributed by atoms with van der Waals surface area (Å²) in [6, 6.07) is 13.0. The number of likely N-dealkylation sites (tertiary alicyclic amines) is 1. The lowest BCUT2D eigenvalue weighted by Gasteiger charge is -2.20. The van der Waals surface area contributed by atoms with Crippen LogP contribution < -0.4 is 11.1 Å². The molecule has 3 rings (SSSR count). The highest BCUT2D eigenvalue weighted by Crippen LogP contribution is 2.14. The van der Waals surface area contributed by atoms with Gasteiger partial charge in [0.25, 0.3) is 0 Å². The van der Waals surface area contributed by atoms with Crippen molar-refractivity contribution in [1.29, 1.82) is 0 Å². The van der Waals surface area contributed by atoms with Gasteiger partial charge in [-0.2, -0.15) is 0 Å². The van der Waals surface area contributed by atoms with Gasteiger partial charge in [-0.15, -0.1) is 11.3 Å². The molecule has 4 nitrogen and oxygen atoms in total. The fraction of sp³-hybridized carbons (Fsp3) is 0.476. The number of rotatable bonds is 7. The molecule has 1 aromatic heterocycles. The van der Waals surface area contributed by atoms with Crippen molar-refractivity contribution in [3.63, 3.8) is 0 Å². The fourth-order valence-electron chi connectivity index (χ4n) is 3.38. The molecule has 0 amide bonds. The Balaban J connectivity index is 1.46. The lowest BCUT2D eigenvalue weighted by Crippen LogP contribution is -2.33. The summed E-state index contributed by atoms with van der Waals surface area (Å²) in [5, 5.41) is 5.31. The van der Waals surface area contributed by atoms with Gasteiger partial charge in [0.15, 0.2) is 5.96 Å². The number of nitrogens with two attached hydrogens (primary N) is 1. The lowest BCUT2D eigenvalue weighted by molar-refractivity contribution is 0.277. The minimum atomic E-state index is 0.527. The van der Waals surface area contributed by atoms with Gasteiger partial charge in [0.1, 0.15) is 0 Å². The molecule has 26 heavy (non-hydrogen) atoms. The Hall–Kier alpha value is -1.85. The van der Waals surface area contributed by atoms with E-state index in [1.54, 1.807) is 11.3 Å². The predicted molar refractivity (Wildman–Crippen MR) is 112 cm³/mol. The number of nitrogens with zero attached hydrogens (tertiary/aromatic N) is 2. The Kier molecular flexibility index (Phi) is 7.52.